The summed E-state index contributed by atoms with van der Waals surface area (Å²) >= 11 is 0. The molecule has 0 aliphatic rings. The number of carbonyl (C=O) groups is 1. The van der Waals surface area contributed by atoms with Crippen LogP contribution < -0.4 is 14.7 Å². The van der Waals surface area contributed by atoms with Crippen molar-refractivity contribution in [3.63, 3.8) is 0 Å². The molecule has 0 saturated heterocycles. The standard InChI is InChI=1S/C12H16BNO3/c1-3-4-5-16-10-6-9(12(15)14-2)7-11(8-10)17-13/h6-8H,3-5H2,1-2H3,(H,14,15). The summed E-state index contributed by atoms with van der Waals surface area (Å²) in [4.78, 5) is 11.5. The zero-order valence-electron chi connectivity index (χ0n) is 10.2. The zero-order valence-corrected chi connectivity index (χ0v) is 10.2. The quantitative estimate of drug-likeness (QED) is 0.600. The van der Waals surface area contributed by atoms with Crippen molar-refractivity contribution in [2.75, 3.05) is 13.7 Å². The summed E-state index contributed by atoms with van der Waals surface area (Å²) in [6, 6.07) is 4.88. The molecule has 1 rings (SSSR count). The molecule has 0 heterocycles. The summed E-state index contributed by atoms with van der Waals surface area (Å²) in [6.07, 6.45) is 2.01. The van der Waals surface area contributed by atoms with Gasteiger partial charge in [-0.2, -0.15) is 0 Å². The van der Waals surface area contributed by atoms with Crippen LogP contribution in [-0.4, -0.2) is 27.6 Å². The Morgan fingerprint density at radius 1 is 1.35 bits per heavy atom. The van der Waals surface area contributed by atoms with Crippen LogP contribution in [0.1, 0.15) is 30.1 Å². The van der Waals surface area contributed by atoms with E-state index in [1.807, 2.05) is 0 Å². The normalized spacial score (nSPS) is 9.76. The lowest BCUT2D eigenvalue weighted by atomic mass is 10.2. The first-order valence-electron chi connectivity index (χ1n) is 5.58. The molecule has 17 heavy (non-hydrogen) atoms. The lowest BCUT2D eigenvalue weighted by molar-refractivity contribution is 0.0962. The fraction of sp³-hybridized carbons (Fsp3) is 0.417. The molecule has 1 amide bonds. The van der Waals surface area contributed by atoms with Gasteiger partial charge in [-0.1, -0.05) is 13.3 Å². The van der Waals surface area contributed by atoms with Gasteiger partial charge in [-0.05, 0) is 18.6 Å². The fourth-order valence-electron chi connectivity index (χ4n) is 1.33. The van der Waals surface area contributed by atoms with E-state index in [0.29, 0.717) is 23.7 Å². The molecule has 0 aromatic heterocycles. The monoisotopic (exact) mass is 233 g/mol. The SMILES string of the molecule is [B]Oc1cc(OCCCC)cc(C(=O)NC)c1. The molecule has 0 aliphatic carbocycles. The number of carbonyl (C=O) groups excluding carboxylic acids is 1. The molecule has 0 fully saturated rings. The molecule has 1 aromatic rings. The highest BCUT2D eigenvalue weighted by atomic mass is 16.5. The van der Waals surface area contributed by atoms with Crippen molar-refractivity contribution in [3.8, 4) is 11.5 Å². The van der Waals surface area contributed by atoms with Crippen molar-refractivity contribution >= 4 is 14.0 Å². The Kier molecular flexibility index (Phi) is 5.40. The second kappa shape index (κ2) is 6.83. The van der Waals surface area contributed by atoms with Crippen molar-refractivity contribution in [1.82, 2.24) is 5.32 Å². The molecule has 0 spiro atoms. The number of hydrogen-bond acceptors (Lipinski definition) is 3. The van der Waals surface area contributed by atoms with Crippen LogP contribution in [0.4, 0.5) is 0 Å². The third kappa shape index (κ3) is 4.02. The molecule has 5 heteroatoms. The van der Waals surface area contributed by atoms with Gasteiger partial charge in [-0.15, -0.1) is 0 Å². The summed E-state index contributed by atoms with van der Waals surface area (Å²) in [5.41, 5.74) is 0.460. The fourth-order valence-corrected chi connectivity index (χ4v) is 1.33. The van der Waals surface area contributed by atoms with Gasteiger partial charge in [0.05, 0.1) is 6.61 Å². The summed E-state index contributed by atoms with van der Waals surface area (Å²) < 4.78 is 10.1. The van der Waals surface area contributed by atoms with Gasteiger partial charge >= 0.3 is 8.05 Å². The van der Waals surface area contributed by atoms with E-state index in [1.54, 1.807) is 25.2 Å². The largest absolute Gasteiger partial charge is 0.568 e. The molecule has 1 N–H and O–H groups in total. The van der Waals surface area contributed by atoms with Crippen LogP contribution >= 0.6 is 0 Å². The van der Waals surface area contributed by atoms with E-state index >= 15 is 0 Å². The number of benzene rings is 1. The van der Waals surface area contributed by atoms with Gasteiger partial charge in [0.2, 0.25) is 0 Å². The predicted molar refractivity (Wildman–Crippen MR) is 66.6 cm³/mol. The molecule has 0 saturated carbocycles. The second-order valence-corrected chi connectivity index (χ2v) is 3.59. The predicted octanol–water partition coefficient (Wildman–Crippen LogP) is 1.69. The maximum Gasteiger partial charge on any atom is 0.374 e. The van der Waals surface area contributed by atoms with Crippen LogP contribution in [0.5, 0.6) is 11.5 Å². The number of nitrogens with one attached hydrogen (secondary N) is 1. The number of rotatable bonds is 6. The van der Waals surface area contributed by atoms with Crippen molar-refractivity contribution in [2.24, 2.45) is 0 Å². The minimum absolute atomic E-state index is 0.204. The maximum atomic E-state index is 11.5. The Bertz CT molecular complexity index is 382. The first-order valence-corrected chi connectivity index (χ1v) is 5.58. The Labute approximate surface area is 103 Å². The minimum atomic E-state index is -0.204. The summed E-state index contributed by atoms with van der Waals surface area (Å²) in [5.74, 6) is 0.779. The Hall–Kier alpha value is -1.65. The van der Waals surface area contributed by atoms with E-state index in [2.05, 4.69) is 16.9 Å². The average Bonchev–Trinajstić information content (AvgIpc) is 2.37. The van der Waals surface area contributed by atoms with E-state index in [4.69, 9.17) is 12.8 Å². The molecular formula is C12H16BNO3. The van der Waals surface area contributed by atoms with Gasteiger partial charge in [0, 0.05) is 18.7 Å². The number of amides is 1. The third-order valence-electron chi connectivity index (χ3n) is 2.27. The smallest absolute Gasteiger partial charge is 0.374 e. The van der Waals surface area contributed by atoms with E-state index in [1.165, 1.54) is 0 Å². The maximum absolute atomic E-state index is 11.5. The first-order chi connectivity index (χ1) is 8.21. The Morgan fingerprint density at radius 2 is 2.06 bits per heavy atom. The van der Waals surface area contributed by atoms with E-state index in [0.717, 1.165) is 12.8 Å². The van der Waals surface area contributed by atoms with Crippen LogP contribution in [0.25, 0.3) is 0 Å². The molecule has 2 radical (unpaired) electrons. The lowest BCUT2D eigenvalue weighted by Crippen LogP contribution is -2.17. The highest BCUT2D eigenvalue weighted by Gasteiger charge is 2.08. The molecular weight excluding hydrogens is 217 g/mol. The molecule has 90 valence electrons. The van der Waals surface area contributed by atoms with Crippen LogP contribution in [-0.2, 0) is 0 Å². The molecule has 4 nitrogen and oxygen atoms in total. The van der Waals surface area contributed by atoms with E-state index in [-0.39, 0.29) is 5.91 Å². The molecule has 0 unspecified atom stereocenters. The Morgan fingerprint density at radius 3 is 2.65 bits per heavy atom. The van der Waals surface area contributed by atoms with E-state index < -0.39 is 0 Å². The summed E-state index contributed by atoms with van der Waals surface area (Å²) in [7, 11) is 6.66. The second-order valence-electron chi connectivity index (χ2n) is 3.59. The molecule has 1 aromatic carbocycles. The average molecular weight is 233 g/mol. The molecule has 0 bridgehead atoms. The van der Waals surface area contributed by atoms with Crippen molar-refractivity contribution in [3.05, 3.63) is 23.8 Å². The van der Waals surface area contributed by atoms with Gasteiger partial charge < -0.3 is 14.7 Å². The topological polar surface area (TPSA) is 47.6 Å². The van der Waals surface area contributed by atoms with Crippen molar-refractivity contribution in [2.45, 2.75) is 19.8 Å². The third-order valence-corrected chi connectivity index (χ3v) is 2.27. The number of hydrogen-bond donors (Lipinski definition) is 1. The zero-order chi connectivity index (χ0) is 12.7. The Balaban J connectivity index is 2.85. The van der Waals surface area contributed by atoms with Crippen LogP contribution in [0.3, 0.4) is 0 Å². The van der Waals surface area contributed by atoms with Crippen LogP contribution in [0.2, 0.25) is 0 Å². The van der Waals surface area contributed by atoms with E-state index in [9.17, 15) is 4.79 Å². The highest BCUT2D eigenvalue weighted by molar-refractivity contribution is 6.00. The number of unbranched alkanes of at least 4 members (excludes halogenated alkanes) is 1. The first kappa shape index (κ1) is 13.4. The highest BCUT2D eigenvalue weighted by Crippen LogP contribution is 2.22. The summed E-state index contributed by atoms with van der Waals surface area (Å²) in [6.45, 7) is 2.69. The van der Waals surface area contributed by atoms with Crippen LogP contribution in [0.15, 0.2) is 18.2 Å². The number of ether oxygens (including phenoxy) is 1. The lowest BCUT2D eigenvalue weighted by Gasteiger charge is -2.10. The summed E-state index contributed by atoms with van der Waals surface area (Å²) in [5, 5.41) is 2.54. The minimum Gasteiger partial charge on any atom is -0.568 e. The van der Waals surface area contributed by atoms with Gasteiger partial charge in [-0.25, -0.2) is 0 Å². The van der Waals surface area contributed by atoms with Crippen LogP contribution in [0, 0.1) is 0 Å². The van der Waals surface area contributed by atoms with Gasteiger partial charge in [0.15, 0.2) is 0 Å². The molecule has 0 aliphatic heterocycles. The molecule has 0 atom stereocenters. The van der Waals surface area contributed by atoms with Crippen molar-refractivity contribution in [1.29, 1.82) is 0 Å². The van der Waals surface area contributed by atoms with Crippen molar-refractivity contribution < 1.29 is 14.2 Å². The van der Waals surface area contributed by atoms with Gasteiger partial charge in [0.1, 0.15) is 11.5 Å². The van der Waals surface area contributed by atoms with Gasteiger partial charge in [-0.3, -0.25) is 4.79 Å². The van der Waals surface area contributed by atoms with Gasteiger partial charge in [0.25, 0.3) is 5.91 Å².